The fraction of sp³-hybridized carbons (Fsp3) is 0.355. The van der Waals surface area contributed by atoms with Crippen LogP contribution in [0.3, 0.4) is 0 Å². The second kappa shape index (κ2) is 11.7. The van der Waals surface area contributed by atoms with Crippen molar-refractivity contribution in [1.82, 2.24) is 15.5 Å². The lowest BCUT2D eigenvalue weighted by molar-refractivity contribution is -0.133. The fourth-order valence-electron chi connectivity index (χ4n) is 5.11. The van der Waals surface area contributed by atoms with Crippen molar-refractivity contribution in [3.8, 4) is 11.1 Å². The molecular weight excluding hydrogens is 510 g/mol. The van der Waals surface area contributed by atoms with Gasteiger partial charge < -0.3 is 15.5 Å². The molecule has 3 aromatic rings. The first kappa shape index (κ1) is 27.1. The molecule has 5 rings (SSSR count). The first-order valence-electron chi connectivity index (χ1n) is 13.5. The molecule has 1 saturated carbocycles. The molecule has 204 valence electrons. The van der Waals surface area contributed by atoms with E-state index in [2.05, 4.69) is 41.8 Å². The Balaban J connectivity index is 1.22. The Morgan fingerprint density at radius 1 is 0.897 bits per heavy atom. The van der Waals surface area contributed by atoms with Gasteiger partial charge in [-0.05, 0) is 55.1 Å². The van der Waals surface area contributed by atoms with Crippen LogP contribution in [0.25, 0.3) is 11.1 Å². The van der Waals surface area contributed by atoms with Gasteiger partial charge in [-0.2, -0.15) is 0 Å². The molecule has 1 saturated heterocycles. The maximum absolute atomic E-state index is 13.4. The van der Waals surface area contributed by atoms with Crippen LogP contribution in [0.5, 0.6) is 0 Å². The number of rotatable bonds is 9. The highest BCUT2D eigenvalue weighted by Gasteiger charge is 2.38. The van der Waals surface area contributed by atoms with E-state index in [1.54, 1.807) is 17.0 Å². The lowest BCUT2D eigenvalue weighted by atomic mass is 10.0. The minimum Gasteiger partial charge on any atom is -0.340 e. The predicted octanol–water partition coefficient (Wildman–Crippen LogP) is 3.55. The zero-order chi connectivity index (χ0) is 27.4. The smallest absolute Gasteiger partial charge is 0.251 e. The van der Waals surface area contributed by atoms with E-state index >= 15 is 0 Å². The number of hydrogen-bond donors (Lipinski definition) is 2. The van der Waals surface area contributed by atoms with Gasteiger partial charge in [-0.15, -0.1) is 0 Å². The quantitative estimate of drug-likeness (QED) is 0.429. The van der Waals surface area contributed by atoms with Crippen molar-refractivity contribution in [2.45, 2.75) is 37.8 Å². The Bertz CT molecular complexity index is 1390. The second-order valence-electron chi connectivity index (χ2n) is 10.5. The summed E-state index contributed by atoms with van der Waals surface area (Å²) in [6, 6.07) is 25.5. The molecule has 0 bridgehead atoms. The highest BCUT2D eigenvalue weighted by molar-refractivity contribution is 7.91. The summed E-state index contributed by atoms with van der Waals surface area (Å²) in [5.41, 5.74) is 5.09. The molecule has 2 aliphatic rings. The molecule has 2 amide bonds. The number of carbonyl (C=O) groups is 2. The summed E-state index contributed by atoms with van der Waals surface area (Å²) in [6.45, 7) is 2.96. The fourth-order valence-corrected chi connectivity index (χ4v) is 6.31. The number of carbonyl (C=O) groups excluding carboxylic acids is 2. The third-order valence-electron chi connectivity index (χ3n) is 7.65. The van der Waals surface area contributed by atoms with E-state index in [4.69, 9.17) is 0 Å². The Morgan fingerprint density at radius 3 is 2.21 bits per heavy atom. The summed E-state index contributed by atoms with van der Waals surface area (Å²) in [6.07, 6.45) is 1.47. The molecule has 0 aromatic heterocycles. The molecule has 7 nitrogen and oxygen atoms in total. The topological polar surface area (TPSA) is 95.6 Å². The molecule has 0 radical (unpaired) electrons. The summed E-state index contributed by atoms with van der Waals surface area (Å²) in [5, 5.41) is 6.48. The molecule has 2 N–H and O–H groups in total. The molecule has 1 aliphatic carbocycles. The van der Waals surface area contributed by atoms with Gasteiger partial charge in [-0.1, -0.05) is 72.3 Å². The van der Waals surface area contributed by atoms with E-state index in [9.17, 15) is 18.0 Å². The van der Waals surface area contributed by atoms with E-state index in [0.717, 1.165) is 17.5 Å². The SMILES string of the molecule is Cc1ccc([C@H]2C[C@@H]2NCC[C@H](NC(=O)c2ccc(-c3ccccc3)cc2)C(=O)N2CCS(=O)(=O)CC2)cc1. The van der Waals surface area contributed by atoms with Crippen molar-refractivity contribution in [3.05, 3.63) is 95.6 Å². The number of hydrogen-bond acceptors (Lipinski definition) is 5. The second-order valence-corrected chi connectivity index (χ2v) is 12.9. The van der Waals surface area contributed by atoms with Crippen LogP contribution in [0.1, 0.15) is 40.2 Å². The van der Waals surface area contributed by atoms with Gasteiger partial charge in [-0.25, -0.2) is 8.42 Å². The number of aryl methyl sites for hydroxylation is 1. The van der Waals surface area contributed by atoms with E-state index < -0.39 is 15.9 Å². The summed E-state index contributed by atoms with van der Waals surface area (Å²) in [4.78, 5) is 28.1. The highest BCUT2D eigenvalue weighted by atomic mass is 32.2. The molecule has 3 aromatic carbocycles. The number of benzene rings is 3. The van der Waals surface area contributed by atoms with Crippen molar-refractivity contribution in [2.75, 3.05) is 31.1 Å². The maximum Gasteiger partial charge on any atom is 0.251 e. The zero-order valence-corrected chi connectivity index (χ0v) is 23.0. The van der Waals surface area contributed by atoms with Crippen LogP contribution >= 0.6 is 0 Å². The van der Waals surface area contributed by atoms with E-state index in [0.29, 0.717) is 30.5 Å². The minimum atomic E-state index is -3.12. The van der Waals surface area contributed by atoms with E-state index in [1.807, 2.05) is 42.5 Å². The lowest BCUT2D eigenvalue weighted by Crippen LogP contribution is -2.53. The largest absolute Gasteiger partial charge is 0.340 e. The van der Waals surface area contributed by atoms with Gasteiger partial charge in [0.1, 0.15) is 6.04 Å². The molecular formula is C31H35N3O4S. The van der Waals surface area contributed by atoms with Crippen LogP contribution in [0, 0.1) is 6.92 Å². The van der Waals surface area contributed by atoms with Gasteiger partial charge >= 0.3 is 0 Å². The van der Waals surface area contributed by atoms with Gasteiger partial charge in [-0.3, -0.25) is 9.59 Å². The third kappa shape index (κ3) is 6.94. The van der Waals surface area contributed by atoms with E-state index in [-0.39, 0.29) is 36.4 Å². The Labute approximate surface area is 230 Å². The van der Waals surface area contributed by atoms with Crippen LogP contribution in [-0.2, 0) is 14.6 Å². The van der Waals surface area contributed by atoms with Crippen LogP contribution in [-0.4, -0.2) is 68.4 Å². The van der Waals surface area contributed by atoms with Gasteiger partial charge in [0.15, 0.2) is 9.84 Å². The van der Waals surface area contributed by atoms with Gasteiger partial charge in [0.25, 0.3) is 5.91 Å². The molecule has 39 heavy (non-hydrogen) atoms. The average molecular weight is 546 g/mol. The summed E-state index contributed by atoms with van der Waals surface area (Å²) >= 11 is 0. The molecule has 0 spiro atoms. The molecule has 1 aliphatic heterocycles. The van der Waals surface area contributed by atoms with Crippen LogP contribution in [0.4, 0.5) is 0 Å². The van der Waals surface area contributed by atoms with Crippen molar-refractivity contribution >= 4 is 21.7 Å². The molecule has 0 unspecified atom stereocenters. The predicted molar refractivity (Wildman–Crippen MR) is 153 cm³/mol. The van der Waals surface area contributed by atoms with Gasteiger partial charge in [0.2, 0.25) is 5.91 Å². The highest BCUT2D eigenvalue weighted by Crippen LogP contribution is 2.40. The standard InChI is InChI=1S/C31H35N3O4S/c1-22-7-9-25(10-8-22)27-21-29(27)32-16-15-28(31(36)34-17-19-39(37,38)20-18-34)33-30(35)26-13-11-24(12-14-26)23-5-3-2-4-6-23/h2-14,27-29,32H,15-21H2,1H3,(H,33,35)/t27-,28+,29+/m1/s1. The van der Waals surface area contributed by atoms with Gasteiger partial charge in [0, 0.05) is 30.6 Å². The Hall–Kier alpha value is -3.49. The summed E-state index contributed by atoms with van der Waals surface area (Å²) in [5.74, 6) is -0.171. The summed E-state index contributed by atoms with van der Waals surface area (Å²) < 4.78 is 23.8. The Morgan fingerprint density at radius 2 is 1.54 bits per heavy atom. The number of sulfone groups is 1. The molecule has 1 heterocycles. The normalized spacial score (nSPS) is 20.7. The molecule has 2 fully saturated rings. The van der Waals surface area contributed by atoms with Crippen LogP contribution in [0.2, 0.25) is 0 Å². The minimum absolute atomic E-state index is 0.0427. The Kier molecular flexibility index (Phi) is 8.14. The summed E-state index contributed by atoms with van der Waals surface area (Å²) in [7, 11) is -3.12. The van der Waals surface area contributed by atoms with Gasteiger partial charge in [0.05, 0.1) is 11.5 Å². The number of amides is 2. The van der Waals surface area contributed by atoms with Crippen molar-refractivity contribution < 1.29 is 18.0 Å². The first-order valence-corrected chi connectivity index (χ1v) is 15.4. The van der Waals surface area contributed by atoms with Crippen LogP contribution < -0.4 is 10.6 Å². The van der Waals surface area contributed by atoms with Crippen LogP contribution in [0.15, 0.2) is 78.9 Å². The average Bonchev–Trinajstić information content (AvgIpc) is 3.72. The molecule has 8 heteroatoms. The van der Waals surface area contributed by atoms with Crippen molar-refractivity contribution in [3.63, 3.8) is 0 Å². The zero-order valence-electron chi connectivity index (χ0n) is 22.2. The lowest BCUT2D eigenvalue weighted by Gasteiger charge is -2.30. The van der Waals surface area contributed by atoms with E-state index in [1.165, 1.54) is 11.1 Å². The monoisotopic (exact) mass is 545 g/mol. The van der Waals surface area contributed by atoms with Crippen molar-refractivity contribution in [2.24, 2.45) is 0 Å². The molecule has 3 atom stereocenters. The third-order valence-corrected chi connectivity index (χ3v) is 9.26. The first-order chi connectivity index (χ1) is 18.8. The number of nitrogens with zero attached hydrogens (tertiary/aromatic N) is 1. The number of nitrogens with one attached hydrogen (secondary N) is 2. The van der Waals surface area contributed by atoms with Crippen molar-refractivity contribution in [1.29, 1.82) is 0 Å². The maximum atomic E-state index is 13.4.